The first kappa shape index (κ1) is 29.6. The molecule has 0 bridgehead atoms. The van der Waals surface area contributed by atoms with Crippen LogP contribution in [0.2, 0.25) is 0 Å². The lowest BCUT2D eigenvalue weighted by Gasteiger charge is -2.09. The number of ether oxygens (including phenoxy) is 2. The molecule has 0 atom stereocenters. The van der Waals surface area contributed by atoms with E-state index in [1.807, 2.05) is 72.8 Å². The van der Waals surface area contributed by atoms with Gasteiger partial charge in [-0.05, 0) is 94.8 Å². The number of benzene rings is 4. The van der Waals surface area contributed by atoms with Crippen LogP contribution in [0.1, 0.15) is 11.1 Å². The molecule has 0 aliphatic heterocycles. The van der Waals surface area contributed by atoms with Crippen LogP contribution in [0.4, 0.5) is 0 Å². The molecular formula is C36H36O4. The Hall–Kier alpha value is -4.96. The fraction of sp³-hybridized carbons (Fsp3) is 0.111. The summed E-state index contributed by atoms with van der Waals surface area (Å²) in [5.74, 6) is 2.25. The van der Waals surface area contributed by atoms with Crippen molar-refractivity contribution in [2.24, 2.45) is 0 Å². The zero-order valence-corrected chi connectivity index (χ0v) is 22.8. The lowest BCUT2D eigenvalue weighted by Crippen LogP contribution is -1.93. The van der Waals surface area contributed by atoms with Crippen LogP contribution < -0.4 is 9.47 Å². The number of hydrogen-bond donors (Lipinski definition) is 2. The maximum absolute atomic E-state index is 9.79. The van der Waals surface area contributed by atoms with Crippen LogP contribution in [-0.4, -0.2) is 23.4 Å². The number of phenols is 2. The summed E-state index contributed by atoms with van der Waals surface area (Å²) in [6.07, 6.45) is 8.23. The van der Waals surface area contributed by atoms with E-state index < -0.39 is 0 Å². The van der Waals surface area contributed by atoms with Crippen LogP contribution in [0.15, 0.2) is 136 Å². The third kappa shape index (κ3) is 8.53. The summed E-state index contributed by atoms with van der Waals surface area (Å²) in [4.78, 5) is 0. The molecule has 0 saturated carbocycles. The molecule has 0 amide bonds. The Kier molecular flexibility index (Phi) is 11.4. The third-order valence-corrected chi connectivity index (χ3v) is 6.00. The summed E-state index contributed by atoms with van der Waals surface area (Å²) in [5, 5.41) is 19.6. The Balaban J connectivity index is 0.000000220. The largest absolute Gasteiger partial charge is 0.508 e. The number of phenolic OH excluding ortho intramolecular Hbond substituents is 2. The highest BCUT2D eigenvalue weighted by molar-refractivity contribution is 5.68. The molecule has 0 aliphatic rings. The minimum Gasteiger partial charge on any atom is -0.508 e. The average Bonchev–Trinajstić information content (AvgIpc) is 2.98. The molecule has 0 aliphatic carbocycles. The van der Waals surface area contributed by atoms with Gasteiger partial charge in [-0.2, -0.15) is 0 Å². The molecule has 0 aromatic heterocycles. The molecule has 0 spiro atoms. The van der Waals surface area contributed by atoms with E-state index in [0.717, 1.165) is 44.9 Å². The van der Waals surface area contributed by atoms with Crippen LogP contribution in [0.5, 0.6) is 23.0 Å². The lowest BCUT2D eigenvalue weighted by molar-refractivity contribution is 0.363. The zero-order valence-electron chi connectivity index (χ0n) is 22.8. The second kappa shape index (κ2) is 15.5. The van der Waals surface area contributed by atoms with Gasteiger partial charge in [0.2, 0.25) is 0 Å². The zero-order chi connectivity index (χ0) is 28.7. The summed E-state index contributed by atoms with van der Waals surface area (Å²) >= 11 is 0. The highest BCUT2D eigenvalue weighted by atomic mass is 16.5. The molecule has 0 heterocycles. The maximum atomic E-state index is 9.79. The molecule has 204 valence electrons. The lowest BCUT2D eigenvalue weighted by atomic mass is 9.98. The van der Waals surface area contributed by atoms with Gasteiger partial charge in [0.05, 0.1) is 0 Å². The Labute approximate surface area is 237 Å². The molecule has 2 N–H and O–H groups in total. The van der Waals surface area contributed by atoms with Crippen molar-refractivity contribution in [1.29, 1.82) is 0 Å². The predicted octanol–water partition coefficient (Wildman–Crippen LogP) is 8.71. The van der Waals surface area contributed by atoms with Gasteiger partial charge >= 0.3 is 0 Å². The van der Waals surface area contributed by atoms with Gasteiger partial charge in [-0.15, -0.1) is 13.2 Å². The first-order chi connectivity index (χ1) is 19.5. The van der Waals surface area contributed by atoms with E-state index in [1.54, 1.807) is 36.4 Å². The van der Waals surface area contributed by atoms with Gasteiger partial charge in [0.25, 0.3) is 0 Å². The Morgan fingerprint density at radius 2 is 0.825 bits per heavy atom. The standard InChI is InChI=1S/2C18H18O2/c1-3-13-19-17-9-5-15(6-10-17)16-7-11-18(12-8-16)20-14-4-2;1-3-5-15-11-13(7-9-17(15)19)14-8-10-18(20)16(12-14)6-4-2/h3-12H,1-2,13-14H2;3-4,7-12,19-20H,1-2,5-6H2. The summed E-state index contributed by atoms with van der Waals surface area (Å²) in [6.45, 7) is 15.7. The molecule has 4 rings (SSSR count). The Bertz CT molecular complexity index is 1310. The molecule has 0 saturated heterocycles. The highest BCUT2D eigenvalue weighted by Crippen LogP contribution is 2.30. The fourth-order valence-electron chi connectivity index (χ4n) is 3.97. The van der Waals surface area contributed by atoms with E-state index in [2.05, 4.69) is 26.3 Å². The molecule has 4 aromatic carbocycles. The van der Waals surface area contributed by atoms with E-state index in [9.17, 15) is 10.2 Å². The van der Waals surface area contributed by atoms with Crippen molar-refractivity contribution < 1.29 is 19.7 Å². The number of aromatic hydroxyl groups is 2. The van der Waals surface area contributed by atoms with Gasteiger partial charge in [0, 0.05) is 0 Å². The van der Waals surface area contributed by atoms with Crippen molar-refractivity contribution >= 4 is 0 Å². The van der Waals surface area contributed by atoms with Gasteiger partial charge in [0.15, 0.2) is 0 Å². The molecule has 0 unspecified atom stereocenters. The van der Waals surface area contributed by atoms with E-state index >= 15 is 0 Å². The highest BCUT2D eigenvalue weighted by Gasteiger charge is 2.07. The van der Waals surface area contributed by atoms with Gasteiger partial charge in [0.1, 0.15) is 36.2 Å². The second-order valence-corrected chi connectivity index (χ2v) is 8.92. The SMILES string of the molecule is C=CCOc1ccc(-c2ccc(OCC=C)cc2)cc1.C=CCc1cc(-c2ccc(O)c(CC=C)c2)ccc1O. The predicted molar refractivity (Wildman–Crippen MR) is 166 cm³/mol. The molecule has 0 fully saturated rings. The summed E-state index contributed by atoms with van der Waals surface area (Å²) < 4.78 is 10.9. The first-order valence-electron chi connectivity index (χ1n) is 13.0. The Morgan fingerprint density at radius 1 is 0.475 bits per heavy atom. The number of hydrogen-bond acceptors (Lipinski definition) is 4. The van der Waals surface area contributed by atoms with E-state index in [4.69, 9.17) is 9.47 Å². The van der Waals surface area contributed by atoms with Crippen LogP contribution in [0, 0.1) is 0 Å². The maximum Gasteiger partial charge on any atom is 0.119 e. The third-order valence-electron chi connectivity index (χ3n) is 6.00. The Morgan fingerprint density at radius 3 is 1.15 bits per heavy atom. The monoisotopic (exact) mass is 532 g/mol. The van der Waals surface area contributed by atoms with Crippen molar-refractivity contribution in [3.05, 3.63) is 147 Å². The van der Waals surface area contributed by atoms with E-state index in [-0.39, 0.29) is 11.5 Å². The van der Waals surface area contributed by atoms with Gasteiger partial charge < -0.3 is 19.7 Å². The summed E-state index contributed by atoms with van der Waals surface area (Å²) in [5.41, 5.74) is 5.99. The molecule has 0 radical (unpaired) electrons. The normalized spacial score (nSPS) is 10.0. The van der Waals surface area contributed by atoms with Crippen LogP contribution in [0.25, 0.3) is 22.3 Å². The van der Waals surface area contributed by atoms with Gasteiger partial charge in [-0.3, -0.25) is 0 Å². The molecule has 4 nitrogen and oxygen atoms in total. The van der Waals surface area contributed by atoms with Crippen molar-refractivity contribution in [3.63, 3.8) is 0 Å². The number of rotatable bonds is 12. The molecule has 4 aromatic rings. The smallest absolute Gasteiger partial charge is 0.119 e. The van der Waals surface area contributed by atoms with Crippen molar-refractivity contribution in [2.75, 3.05) is 13.2 Å². The summed E-state index contributed by atoms with van der Waals surface area (Å²) in [7, 11) is 0. The van der Waals surface area contributed by atoms with Gasteiger partial charge in [-0.1, -0.05) is 73.9 Å². The van der Waals surface area contributed by atoms with Crippen molar-refractivity contribution in [2.45, 2.75) is 12.8 Å². The van der Waals surface area contributed by atoms with Crippen LogP contribution in [0.3, 0.4) is 0 Å². The minimum atomic E-state index is 0.277. The van der Waals surface area contributed by atoms with Crippen molar-refractivity contribution in [1.82, 2.24) is 0 Å². The molecule has 4 heteroatoms. The minimum absolute atomic E-state index is 0.277. The fourth-order valence-corrected chi connectivity index (χ4v) is 3.97. The van der Waals surface area contributed by atoms with Crippen molar-refractivity contribution in [3.8, 4) is 45.3 Å². The average molecular weight is 533 g/mol. The topological polar surface area (TPSA) is 58.9 Å². The van der Waals surface area contributed by atoms with Gasteiger partial charge in [-0.25, -0.2) is 0 Å². The first-order valence-corrected chi connectivity index (χ1v) is 13.0. The molecular weight excluding hydrogens is 496 g/mol. The molecule has 40 heavy (non-hydrogen) atoms. The van der Waals surface area contributed by atoms with Crippen LogP contribution in [-0.2, 0) is 12.8 Å². The van der Waals surface area contributed by atoms with E-state index in [0.29, 0.717) is 26.1 Å². The van der Waals surface area contributed by atoms with E-state index in [1.165, 1.54) is 0 Å². The van der Waals surface area contributed by atoms with Crippen LogP contribution >= 0.6 is 0 Å². The summed E-state index contributed by atoms with van der Waals surface area (Å²) in [6, 6.07) is 27.0. The quantitative estimate of drug-likeness (QED) is 0.179. The number of allylic oxidation sites excluding steroid dienone is 2. The second-order valence-electron chi connectivity index (χ2n) is 8.92.